The van der Waals surface area contributed by atoms with Crippen molar-refractivity contribution < 1.29 is 0 Å². The molecule has 0 saturated heterocycles. The normalized spacial score (nSPS) is 11.8. The Bertz CT molecular complexity index is 417. The van der Waals surface area contributed by atoms with Crippen LogP contribution in [0, 0.1) is 27.7 Å². The van der Waals surface area contributed by atoms with E-state index < -0.39 is 0 Å². The van der Waals surface area contributed by atoms with Crippen LogP contribution < -0.4 is 5.43 Å². The van der Waals surface area contributed by atoms with Gasteiger partial charge in [0.25, 0.3) is 0 Å². The first-order valence-electron chi connectivity index (χ1n) is 5.84. The summed E-state index contributed by atoms with van der Waals surface area (Å²) in [6.45, 7) is 12.8. The van der Waals surface area contributed by atoms with Crippen molar-refractivity contribution in [2.45, 2.75) is 48.0 Å². The van der Waals surface area contributed by atoms with Crippen LogP contribution in [0.1, 0.15) is 42.5 Å². The van der Waals surface area contributed by atoms with Gasteiger partial charge in [-0.3, -0.25) is 5.43 Å². The predicted octanol–water partition coefficient (Wildman–Crippen LogP) is 4.12. The molecule has 2 heteroatoms. The fraction of sp³-hybridized carbons (Fsp3) is 0.500. The maximum absolute atomic E-state index is 4.35. The minimum absolute atomic E-state index is 0.982. The van der Waals surface area contributed by atoms with Crippen LogP contribution in [0.2, 0.25) is 0 Å². The molecule has 0 aliphatic heterocycles. The molecule has 0 heterocycles. The van der Waals surface area contributed by atoms with Crippen LogP contribution in [0.3, 0.4) is 0 Å². The highest BCUT2D eigenvalue weighted by atomic mass is 15.3. The second-order valence-electron chi connectivity index (χ2n) is 4.43. The Labute approximate surface area is 98.8 Å². The third-order valence-electron chi connectivity index (χ3n) is 3.36. The molecular formula is C14H22N2. The van der Waals surface area contributed by atoms with E-state index in [1.54, 1.807) is 0 Å². The van der Waals surface area contributed by atoms with Crippen LogP contribution in [0.5, 0.6) is 0 Å². The van der Waals surface area contributed by atoms with Crippen molar-refractivity contribution in [3.63, 3.8) is 0 Å². The van der Waals surface area contributed by atoms with Crippen molar-refractivity contribution in [2.24, 2.45) is 5.10 Å². The number of hydrazone groups is 1. The van der Waals surface area contributed by atoms with Gasteiger partial charge in [-0.2, -0.15) is 5.10 Å². The van der Waals surface area contributed by atoms with E-state index in [1.807, 2.05) is 6.92 Å². The molecule has 1 aromatic rings. The molecule has 0 aliphatic rings. The SMILES string of the molecule is CCC(C)=NNc1cc(C)c(C)c(C)c1C. The van der Waals surface area contributed by atoms with Crippen LogP contribution in [0.25, 0.3) is 0 Å². The predicted molar refractivity (Wildman–Crippen MR) is 72.4 cm³/mol. The molecule has 0 aromatic heterocycles. The van der Waals surface area contributed by atoms with Gasteiger partial charge < -0.3 is 0 Å². The Balaban J connectivity index is 3.07. The first-order chi connectivity index (χ1) is 7.47. The fourth-order valence-corrected chi connectivity index (χ4v) is 1.56. The molecule has 0 atom stereocenters. The summed E-state index contributed by atoms with van der Waals surface area (Å²) in [7, 11) is 0. The molecule has 0 aliphatic carbocycles. The second-order valence-corrected chi connectivity index (χ2v) is 4.43. The average molecular weight is 218 g/mol. The van der Waals surface area contributed by atoms with Crippen molar-refractivity contribution in [1.29, 1.82) is 0 Å². The lowest BCUT2D eigenvalue weighted by Gasteiger charge is -2.13. The zero-order valence-corrected chi connectivity index (χ0v) is 11.2. The molecule has 16 heavy (non-hydrogen) atoms. The Morgan fingerprint density at radius 3 is 2.31 bits per heavy atom. The van der Waals surface area contributed by atoms with Gasteiger partial charge in [-0.05, 0) is 69.4 Å². The van der Waals surface area contributed by atoms with Crippen LogP contribution in [-0.2, 0) is 0 Å². The van der Waals surface area contributed by atoms with Crippen LogP contribution in [-0.4, -0.2) is 5.71 Å². The van der Waals surface area contributed by atoms with Crippen molar-refractivity contribution >= 4 is 11.4 Å². The van der Waals surface area contributed by atoms with Gasteiger partial charge >= 0.3 is 0 Å². The first-order valence-corrected chi connectivity index (χ1v) is 5.84. The number of rotatable bonds is 3. The molecule has 88 valence electrons. The van der Waals surface area contributed by atoms with Gasteiger partial charge in [-0.15, -0.1) is 0 Å². The van der Waals surface area contributed by atoms with Crippen molar-refractivity contribution in [3.8, 4) is 0 Å². The minimum atomic E-state index is 0.982. The largest absolute Gasteiger partial charge is 0.278 e. The third kappa shape index (κ3) is 2.63. The monoisotopic (exact) mass is 218 g/mol. The number of hydrogen-bond donors (Lipinski definition) is 1. The number of nitrogens with one attached hydrogen (secondary N) is 1. The standard InChI is InChI=1S/C14H22N2/c1-7-10(3)15-16-14-8-9(2)11(4)12(5)13(14)6/h8,16H,7H2,1-6H3. The zero-order chi connectivity index (χ0) is 12.3. The summed E-state index contributed by atoms with van der Waals surface area (Å²) in [5, 5.41) is 4.35. The van der Waals surface area contributed by atoms with Gasteiger partial charge in [0.15, 0.2) is 0 Å². The lowest BCUT2D eigenvalue weighted by Crippen LogP contribution is -2.01. The van der Waals surface area contributed by atoms with E-state index in [0.29, 0.717) is 0 Å². The van der Waals surface area contributed by atoms with E-state index in [9.17, 15) is 0 Å². The summed E-state index contributed by atoms with van der Waals surface area (Å²) in [6, 6.07) is 2.17. The van der Waals surface area contributed by atoms with E-state index >= 15 is 0 Å². The number of benzene rings is 1. The van der Waals surface area contributed by atoms with Crippen molar-refractivity contribution in [1.82, 2.24) is 0 Å². The van der Waals surface area contributed by atoms with E-state index in [1.165, 1.54) is 22.3 Å². The molecule has 1 aromatic carbocycles. The molecule has 0 saturated carbocycles. The lowest BCUT2D eigenvalue weighted by molar-refractivity contribution is 1.17. The van der Waals surface area contributed by atoms with E-state index in [2.05, 4.69) is 51.2 Å². The zero-order valence-electron chi connectivity index (χ0n) is 11.2. The summed E-state index contributed by atoms with van der Waals surface area (Å²) < 4.78 is 0. The molecule has 1 rings (SSSR count). The third-order valence-corrected chi connectivity index (χ3v) is 3.36. The Morgan fingerprint density at radius 1 is 1.12 bits per heavy atom. The molecular weight excluding hydrogens is 196 g/mol. The highest BCUT2D eigenvalue weighted by Crippen LogP contribution is 2.25. The fourth-order valence-electron chi connectivity index (χ4n) is 1.56. The number of anilines is 1. The molecule has 0 amide bonds. The van der Waals surface area contributed by atoms with E-state index in [-0.39, 0.29) is 0 Å². The summed E-state index contributed by atoms with van der Waals surface area (Å²) in [5.41, 5.74) is 10.7. The molecule has 0 unspecified atom stereocenters. The number of hydrogen-bond acceptors (Lipinski definition) is 2. The number of aryl methyl sites for hydroxylation is 1. The molecule has 0 radical (unpaired) electrons. The Morgan fingerprint density at radius 2 is 1.75 bits per heavy atom. The number of nitrogens with zero attached hydrogens (tertiary/aromatic N) is 1. The van der Waals surface area contributed by atoms with Gasteiger partial charge in [-0.25, -0.2) is 0 Å². The van der Waals surface area contributed by atoms with E-state index in [0.717, 1.165) is 17.8 Å². The van der Waals surface area contributed by atoms with Gasteiger partial charge in [0.2, 0.25) is 0 Å². The molecule has 0 bridgehead atoms. The van der Waals surface area contributed by atoms with Crippen LogP contribution >= 0.6 is 0 Å². The van der Waals surface area contributed by atoms with E-state index in [4.69, 9.17) is 0 Å². The molecule has 1 N–H and O–H groups in total. The van der Waals surface area contributed by atoms with Gasteiger partial charge in [0.1, 0.15) is 0 Å². The first kappa shape index (κ1) is 12.8. The maximum atomic E-state index is 4.35. The maximum Gasteiger partial charge on any atom is 0.0596 e. The average Bonchev–Trinajstić information content (AvgIpc) is 2.28. The van der Waals surface area contributed by atoms with Gasteiger partial charge in [0.05, 0.1) is 5.69 Å². The molecule has 0 spiro atoms. The summed E-state index contributed by atoms with van der Waals surface area (Å²) in [6.07, 6.45) is 0.982. The topological polar surface area (TPSA) is 24.4 Å². The highest BCUT2D eigenvalue weighted by Gasteiger charge is 2.06. The molecule has 2 nitrogen and oxygen atoms in total. The minimum Gasteiger partial charge on any atom is -0.278 e. The van der Waals surface area contributed by atoms with Crippen molar-refractivity contribution in [2.75, 3.05) is 5.43 Å². The Hall–Kier alpha value is -1.31. The lowest BCUT2D eigenvalue weighted by atomic mass is 9.98. The van der Waals surface area contributed by atoms with Gasteiger partial charge in [0, 0.05) is 5.71 Å². The summed E-state index contributed by atoms with van der Waals surface area (Å²) in [4.78, 5) is 0. The van der Waals surface area contributed by atoms with Gasteiger partial charge in [-0.1, -0.05) is 6.92 Å². The van der Waals surface area contributed by atoms with Crippen LogP contribution in [0.4, 0.5) is 5.69 Å². The van der Waals surface area contributed by atoms with Crippen LogP contribution in [0.15, 0.2) is 11.2 Å². The smallest absolute Gasteiger partial charge is 0.0596 e. The Kier molecular flexibility index (Phi) is 4.11. The quantitative estimate of drug-likeness (QED) is 0.599. The van der Waals surface area contributed by atoms with Crippen molar-refractivity contribution in [3.05, 3.63) is 28.3 Å². The highest BCUT2D eigenvalue weighted by molar-refractivity contribution is 5.82. The second kappa shape index (κ2) is 5.15. The summed E-state index contributed by atoms with van der Waals surface area (Å²) in [5.74, 6) is 0. The summed E-state index contributed by atoms with van der Waals surface area (Å²) >= 11 is 0. The molecule has 0 fully saturated rings.